The maximum absolute atomic E-state index is 13.7. The molecule has 0 fully saturated rings. The van der Waals surface area contributed by atoms with Gasteiger partial charge in [0, 0.05) is 23.4 Å². The molecule has 0 spiro atoms. The first kappa shape index (κ1) is 10.8. The Kier molecular flexibility index (Phi) is 3.01. The third-order valence-corrected chi connectivity index (χ3v) is 2.43. The Bertz CT molecular complexity index is 519. The second-order valence-electron chi connectivity index (χ2n) is 3.07. The van der Waals surface area contributed by atoms with E-state index in [0.717, 1.165) is 0 Å². The highest BCUT2D eigenvalue weighted by atomic mass is 35.5. The number of hydrogen-bond acceptors (Lipinski definition) is 3. The quantitative estimate of drug-likeness (QED) is 0.755. The molecule has 0 amide bonds. The fourth-order valence-corrected chi connectivity index (χ4v) is 1.53. The van der Waals surface area contributed by atoms with Gasteiger partial charge in [-0.25, -0.2) is 14.4 Å². The van der Waals surface area contributed by atoms with Crippen LogP contribution in [0.3, 0.4) is 0 Å². The SMILES string of the molecule is COc1ccc(-c2cncnc2Cl)c(F)c1. The molecule has 0 saturated carbocycles. The first-order valence-electron chi connectivity index (χ1n) is 4.52. The molecule has 3 nitrogen and oxygen atoms in total. The molecule has 0 bridgehead atoms. The van der Waals surface area contributed by atoms with E-state index < -0.39 is 5.82 Å². The Morgan fingerprint density at radius 2 is 2.12 bits per heavy atom. The standard InChI is InChI=1S/C11H8ClFN2O/c1-16-7-2-3-8(10(13)4-7)9-5-14-6-15-11(9)12/h2-6H,1H3. The summed E-state index contributed by atoms with van der Waals surface area (Å²) in [7, 11) is 1.48. The smallest absolute Gasteiger partial charge is 0.140 e. The number of nitrogens with zero attached hydrogens (tertiary/aromatic N) is 2. The number of ether oxygens (including phenoxy) is 1. The van der Waals surface area contributed by atoms with Crippen LogP contribution in [0.25, 0.3) is 11.1 Å². The zero-order valence-electron chi connectivity index (χ0n) is 8.45. The van der Waals surface area contributed by atoms with Gasteiger partial charge < -0.3 is 4.74 Å². The van der Waals surface area contributed by atoms with Crippen molar-refractivity contribution < 1.29 is 9.13 Å². The van der Waals surface area contributed by atoms with Crippen molar-refractivity contribution in [1.29, 1.82) is 0 Å². The number of hydrogen-bond donors (Lipinski definition) is 0. The van der Waals surface area contributed by atoms with E-state index in [1.807, 2.05) is 0 Å². The van der Waals surface area contributed by atoms with E-state index in [1.165, 1.54) is 25.7 Å². The average molecular weight is 239 g/mol. The number of halogens is 2. The van der Waals surface area contributed by atoms with Gasteiger partial charge in [0.1, 0.15) is 23.0 Å². The summed E-state index contributed by atoms with van der Waals surface area (Å²) in [6.07, 6.45) is 2.79. The lowest BCUT2D eigenvalue weighted by Gasteiger charge is -2.06. The first-order valence-corrected chi connectivity index (χ1v) is 4.89. The summed E-state index contributed by atoms with van der Waals surface area (Å²) >= 11 is 5.86. The van der Waals surface area contributed by atoms with Gasteiger partial charge in [0.2, 0.25) is 0 Å². The average Bonchev–Trinajstić information content (AvgIpc) is 2.30. The van der Waals surface area contributed by atoms with Crippen LogP contribution in [0, 0.1) is 5.82 Å². The van der Waals surface area contributed by atoms with Gasteiger partial charge in [-0.3, -0.25) is 0 Å². The molecule has 0 aliphatic rings. The molecule has 2 rings (SSSR count). The summed E-state index contributed by atoms with van der Waals surface area (Å²) in [4.78, 5) is 7.61. The fraction of sp³-hybridized carbons (Fsp3) is 0.0909. The predicted octanol–water partition coefficient (Wildman–Crippen LogP) is 2.94. The van der Waals surface area contributed by atoms with E-state index in [9.17, 15) is 4.39 Å². The lowest BCUT2D eigenvalue weighted by Crippen LogP contribution is -1.90. The molecular formula is C11H8ClFN2O. The molecule has 16 heavy (non-hydrogen) atoms. The Hall–Kier alpha value is -1.68. The molecular weight excluding hydrogens is 231 g/mol. The van der Waals surface area contributed by atoms with Gasteiger partial charge in [-0.15, -0.1) is 0 Å². The molecule has 5 heteroatoms. The van der Waals surface area contributed by atoms with Crippen molar-refractivity contribution in [2.45, 2.75) is 0 Å². The van der Waals surface area contributed by atoms with E-state index in [4.69, 9.17) is 16.3 Å². The van der Waals surface area contributed by atoms with E-state index in [-0.39, 0.29) is 5.15 Å². The highest BCUT2D eigenvalue weighted by Crippen LogP contribution is 2.29. The summed E-state index contributed by atoms with van der Waals surface area (Å²) in [5, 5.41) is 0.221. The monoisotopic (exact) mass is 238 g/mol. The van der Waals surface area contributed by atoms with Gasteiger partial charge in [0.05, 0.1) is 7.11 Å². The largest absolute Gasteiger partial charge is 0.497 e. The van der Waals surface area contributed by atoms with Crippen molar-refractivity contribution in [3.63, 3.8) is 0 Å². The van der Waals surface area contributed by atoms with Crippen molar-refractivity contribution in [3.05, 3.63) is 41.7 Å². The highest BCUT2D eigenvalue weighted by molar-refractivity contribution is 6.32. The molecule has 0 unspecified atom stereocenters. The van der Waals surface area contributed by atoms with Crippen LogP contribution in [0.4, 0.5) is 4.39 Å². The fourth-order valence-electron chi connectivity index (χ4n) is 1.34. The van der Waals surface area contributed by atoms with Crippen molar-refractivity contribution in [2.75, 3.05) is 7.11 Å². The maximum atomic E-state index is 13.7. The minimum atomic E-state index is -0.420. The Balaban J connectivity index is 2.53. The van der Waals surface area contributed by atoms with Crippen LogP contribution in [0.5, 0.6) is 5.75 Å². The van der Waals surface area contributed by atoms with Crippen molar-refractivity contribution in [2.24, 2.45) is 0 Å². The number of methoxy groups -OCH3 is 1. The topological polar surface area (TPSA) is 35.0 Å². The number of rotatable bonds is 2. The molecule has 1 aromatic carbocycles. The van der Waals surface area contributed by atoms with Crippen LogP contribution in [0.15, 0.2) is 30.7 Å². The summed E-state index contributed by atoms with van der Waals surface area (Å²) in [5.41, 5.74) is 0.815. The molecule has 1 aromatic heterocycles. The Morgan fingerprint density at radius 1 is 1.31 bits per heavy atom. The van der Waals surface area contributed by atoms with Gasteiger partial charge >= 0.3 is 0 Å². The van der Waals surface area contributed by atoms with Gasteiger partial charge in [-0.1, -0.05) is 11.6 Å². The van der Waals surface area contributed by atoms with Gasteiger partial charge in [-0.05, 0) is 12.1 Å². The van der Waals surface area contributed by atoms with Crippen LogP contribution >= 0.6 is 11.6 Å². The van der Waals surface area contributed by atoms with Crippen molar-refractivity contribution in [1.82, 2.24) is 9.97 Å². The van der Waals surface area contributed by atoms with Crippen LogP contribution in [-0.2, 0) is 0 Å². The molecule has 0 aliphatic carbocycles. The van der Waals surface area contributed by atoms with Gasteiger partial charge in [-0.2, -0.15) is 0 Å². The molecule has 82 valence electrons. The minimum Gasteiger partial charge on any atom is -0.497 e. The minimum absolute atomic E-state index is 0.221. The number of benzene rings is 1. The zero-order chi connectivity index (χ0) is 11.5. The van der Waals surface area contributed by atoms with Gasteiger partial charge in [0.15, 0.2) is 0 Å². The second kappa shape index (κ2) is 4.45. The van der Waals surface area contributed by atoms with Crippen molar-refractivity contribution >= 4 is 11.6 Å². The third-order valence-electron chi connectivity index (χ3n) is 2.13. The third kappa shape index (κ3) is 1.97. The highest BCUT2D eigenvalue weighted by Gasteiger charge is 2.10. The van der Waals surface area contributed by atoms with E-state index in [0.29, 0.717) is 16.9 Å². The molecule has 0 radical (unpaired) electrons. The molecule has 0 aliphatic heterocycles. The Morgan fingerprint density at radius 3 is 2.75 bits per heavy atom. The van der Waals surface area contributed by atoms with Crippen LogP contribution in [-0.4, -0.2) is 17.1 Å². The summed E-state index contributed by atoms with van der Waals surface area (Å²) in [5.74, 6) is 0.0327. The number of aromatic nitrogens is 2. The van der Waals surface area contributed by atoms with Crippen LogP contribution < -0.4 is 4.74 Å². The summed E-state index contributed by atoms with van der Waals surface area (Å²) in [6.45, 7) is 0. The first-order chi connectivity index (χ1) is 7.72. The van der Waals surface area contributed by atoms with E-state index >= 15 is 0 Å². The Labute approximate surface area is 96.9 Å². The van der Waals surface area contributed by atoms with Crippen LogP contribution in [0.2, 0.25) is 5.15 Å². The normalized spacial score (nSPS) is 10.2. The molecule has 0 N–H and O–H groups in total. The molecule has 2 aromatic rings. The maximum Gasteiger partial charge on any atom is 0.140 e. The van der Waals surface area contributed by atoms with E-state index in [1.54, 1.807) is 12.1 Å². The summed E-state index contributed by atoms with van der Waals surface area (Å²) in [6, 6.07) is 4.53. The zero-order valence-corrected chi connectivity index (χ0v) is 9.20. The lowest BCUT2D eigenvalue weighted by atomic mass is 10.1. The van der Waals surface area contributed by atoms with Crippen molar-refractivity contribution in [3.8, 4) is 16.9 Å². The van der Waals surface area contributed by atoms with Gasteiger partial charge in [0.25, 0.3) is 0 Å². The predicted molar refractivity (Wildman–Crippen MR) is 59.0 cm³/mol. The van der Waals surface area contributed by atoms with Crippen LogP contribution in [0.1, 0.15) is 0 Å². The van der Waals surface area contributed by atoms with E-state index in [2.05, 4.69) is 9.97 Å². The lowest BCUT2D eigenvalue weighted by molar-refractivity contribution is 0.411. The molecule has 1 heterocycles. The second-order valence-corrected chi connectivity index (χ2v) is 3.43. The summed E-state index contributed by atoms with van der Waals surface area (Å²) < 4.78 is 18.6. The molecule has 0 atom stereocenters. The molecule has 0 saturated heterocycles.